The summed E-state index contributed by atoms with van der Waals surface area (Å²) in [5.41, 5.74) is 8.38. The smallest absolute Gasteiger partial charge is 0.302 e. The number of rotatable bonds is 12. The van der Waals surface area contributed by atoms with E-state index in [9.17, 15) is 19.8 Å². The Hall–Kier alpha value is -3.33. The molecule has 9 heteroatoms. The summed E-state index contributed by atoms with van der Waals surface area (Å²) in [5, 5.41) is 20.1. The molecule has 4 atom stereocenters. The van der Waals surface area contributed by atoms with Crippen LogP contribution in [0.3, 0.4) is 0 Å². The topological polar surface area (TPSA) is 141 Å². The standard InChI is InChI=1S/C31H44N2O7/c1-20(35)39-26(18-29(40-21(2)36)25-8-6-4-5-7-22(15-25)12-14-34)10-9-23-16-30(38-3)28(37)19-27(23)24-11-13-33-31(32)17-24/h11,13,16-17,19,22,25-26,29,34,37H,4-10,12,14-15,18H2,1-3H3,(H2,32,33)/t22-,25-,26+,29+/m0/s1. The Kier molecular flexibility index (Phi) is 12.1. The van der Waals surface area contributed by atoms with Crippen LogP contribution in [0.4, 0.5) is 5.82 Å². The summed E-state index contributed by atoms with van der Waals surface area (Å²) >= 11 is 0. The van der Waals surface area contributed by atoms with Gasteiger partial charge in [0.2, 0.25) is 0 Å². The highest BCUT2D eigenvalue weighted by Gasteiger charge is 2.31. The van der Waals surface area contributed by atoms with Crippen LogP contribution in [-0.4, -0.2) is 53.1 Å². The molecule has 0 radical (unpaired) electrons. The number of ether oxygens (including phenoxy) is 3. The summed E-state index contributed by atoms with van der Waals surface area (Å²) < 4.78 is 17.0. The number of nitrogens with zero attached hydrogens (tertiary/aromatic N) is 1. The van der Waals surface area contributed by atoms with E-state index in [1.54, 1.807) is 24.4 Å². The van der Waals surface area contributed by atoms with Crippen molar-refractivity contribution in [2.75, 3.05) is 19.5 Å². The van der Waals surface area contributed by atoms with Crippen molar-refractivity contribution in [2.45, 2.75) is 90.3 Å². The molecule has 1 aliphatic carbocycles. The number of aryl methyl sites for hydroxylation is 1. The first-order valence-corrected chi connectivity index (χ1v) is 14.3. The lowest BCUT2D eigenvalue weighted by atomic mass is 9.78. The number of aliphatic hydroxyl groups excluding tert-OH is 1. The number of hydrogen-bond acceptors (Lipinski definition) is 9. The van der Waals surface area contributed by atoms with E-state index in [2.05, 4.69) is 4.98 Å². The molecule has 9 nitrogen and oxygen atoms in total. The molecule has 220 valence electrons. The highest BCUT2D eigenvalue weighted by Crippen LogP contribution is 2.37. The Balaban J connectivity index is 1.86. The fourth-order valence-corrected chi connectivity index (χ4v) is 5.91. The largest absolute Gasteiger partial charge is 0.504 e. The molecule has 1 saturated carbocycles. The maximum absolute atomic E-state index is 12.1. The van der Waals surface area contributed by atoms with Crippen LogP contribution >= 0.6 is 0 Å². The number of pyridine rings is 1. The molecular formula is C31H44N2O7. The Morgan fingerprint density at radius 1 is 1.10 bits per heavy atom. The molecule has 1 aromatic heterocycles. The number of phenols is 1. The molecule has 40 heavy (non-hydrogen) atoms. The quantitative estimate of drug-likeness (QED) is 0.301. The van der Waals surface area contributed by atoms with Crippen molar-refractivity contribution >= 4 is 17.8 Å². The predicted octanol–water partition coefficient (Wildman–Crippen LogP) is 5.20. The number of aliphatic hydroxyl groups is 1. The zero-order valence-corrected chi connectivity index (χ0v) is 23.9. The summed E-state index contributed by atoms with van der Waals surface area (Å²) in [6.45, 7) is 2.94. The van der Waals surface area contributed by atoms with E-state index in [-0.39, 0.29) is 24.2 Å². The van der Waals surface area contributed by atoms with E-state index in [1.807, 2.05) is 6.07 Å². The van der Waals surface area contributed by atoms with E-state index in [0.717, 1.165) is 61.6 Å². The summed E-state index contributed by atoms with van der Waals surface area (Å²) in [5.74, 6) is 0.459. The first kappa shape index (κ1) is 31.2. The second-order valence-electron chi connectivity index (χ2n) is 10.8. The second kappa shape index (κ2) is 15.5. The van der Waals surface area contributed by atoms with Crippen LogP contribution in [0.25, 0.3) is 11.1 Å². The van der Waals surface area contributed by atoms with Gasteiger partial charge < -0.3 is 30.2 Å². The minimum atomic E-state index is -0.487. The number of carbonyl (C=O) groups excluding carboxylic acids is 2. The van der Waals surface area contributed by atoms with Crippen molar-refractivity contribution in [3.8, 4) is 22.6 Å². The van der Waals surface area contributed by atoms with Gasteiger partial charge >= 0.3 is 11.9 Å². The third kappa shape index (κ3) is 9.40. The van der Waals surface area contributed by atoms with Crippen LogP contribution in [-0.2, 0) is 25.5 Å². The maximum atomic E-state index is 12.1. The monoisotopic (exact) mass is 556 g/mol. The van der Waals surface area contributed by atoms with E-state index in [4.69, 9.17) is 19.9 Å². The predicted molar refractivity (Wildman–Crippen MR) is 153 cm³/mol. The zero-order chi connectivity index (χ0) is 29.1. The van der Waals surface area contributed by atoms with Gasteiger partial charge in [0.1, 0.15) is 18.0 Å². The lowest BCUT2D eigenvalue weighted by Crippen LogP contribution is -2.34. The van der Waals surface area contributed by atoms with Gasteiger partial charge in [-0.15, -0.1) is 0 Å². The molecule has 0 saturated heterocycles. The molecule has 1 aromatic carbocycles. The molecule has 0 unspecified atom stereocenters. The number of phenolic OH excluding ortho intramolecular Hbond substituents is 1. The Bertz CT molecular complexity index is 1120. The number of aromatic hydroxyl groups is 1. The Labute approximate surface area is 237 Å². The van der Waals surface area contributed by atoms with Gasteiger partial charge in [-0.1, -0.05) is 25.7 Å². The molecule has 3 rings (SSSR count). The zero-order valence-electron chi connectivity index (χ0n) is 23.9. The van der Waals surface area contributed by atoms with Crippen LogP contribution in [0.1, 0.15) is 77.2 Å². The second-order valence-corrected chi connectivity index (χ2v) is 10.8. The van der Waals surface area contributed by atoms with Crippen molar-refractivity contribution in [3.63, 3.8) is 0 Å². The summed E-state index contributed by atoms with van der Waals surface area (Å²) in [4.78, 5) is 28.3. The Morgan fingerprint density at radius 2 is 1.85 bits per heavy atom. The fourth-order valence-electron chi connectivity index (χ4n) is 5.91. The number of nitrogens with two attached hydrogens (primary N) is 1. The van der Waals surface area contributed by atoms with Crippen molar-refractivity contribution in [1.82, 2.24) is 4.98 Å². The van der Waals surface area contributed by atoms with Crippen molar-refractivity contribution in [3.05, 3.63) is 36.0 Å². The molecule has 1 aliphatic rings. The van der Waals surface area contributed by atoms with Gasteiger partial charge in [-0.05, 0) is 84.9 Å². The van der Waals surface area contributed by atoms with Gasteiger partial charge in [0.25, 0.3) is 0 Å². The number of aromatic nitrogens is 1. The van der Waals surface area contributed by atoms with Crippen molar-refractivity contribution < 1.29 is 34.0 Å². The normalized spacial score (nSPS) is 19.1. The maximum Gasteiger partial charge on any atom is 0.302 e. The highest BCUT2D eigenvalue weighted by molar-refractivity contribution is 5.72. The van der Waals surface area contributed by atoms with E-state index < -0.39 is 18.2 Å². The molecular weight excluding hydrogens is 512 g/mol. The number of benzene rings is 1. The van der Waals surface area contributed by atoms with Crippen molar-refractivity contribution in [1.29, 1.82) is 0 Å². The lowest BCUT2D eigenvalue weighted by molar-refractivity contribution is -0.156. The van der Waals surface area contributed by atoms with Crippen LogP contribution < -0.4 is 10.5 Å². The van der Waals surface area contributed by atoms with E-state index in [1.165, 1.54) is 21.0 Å². The lowest BCUT2D eigenvalue weighted by Gasteiger charge is -2.33. The minimum Gasteiger partial charge on any atom is -0.504 e. The van der Waals surface area contributed by atoms with Crippen molar-refractivity contribution in [2.24, 2.45) is 11.8 Å². The molecule has 2 aromatic rings. The SMILES string of the molecule is COc1cc(CC[C@H](C[C@@H](OC(C)=O)[C@H]2CCCCC[C@@H](CCO)C2)OC(C)=O)c(-c2ccnc(N)c2)cc1O. The number of carbonyl (C=O) groups is 2. The molecule has 4 N–H and O–H groups in total. The van der Waals surface area contributed by atoms with Gasteiger partial charge in [0, 0.05) is 33.1 Å². The first-order valence-electron chi connectivity index (χ1n) is 14.3. The van der Waals surface area contributed by atoms with E-state index >= 15 is 0 Å². The van der Waals surface area contributed by atoms with Crippen LogP contribution in [0, 0.1) is 11.8 Å². The van der Waals surface area contributed by atoms with Gasteiger partial charge in [-0.3, -0.25) is 9.59 Å². The molecule has 0 bridgehead atoms. The van der Waals surface area contributed by atoms with Crippen LogP contribution in [0.5, 0.6) is 11.5 Å². The third-order valence-electron chi connectivity index (χ3n) is 7.76. The Morgan fingerprint density at radius 3 is 2.52 bits per heavy atom. The van der Waals surface area contributed by atoms with E-state index in [0.29, 0.717) is 36.7 Å². The highest BCUT2D eigenvalue weighted by atomic mass is 16.6. The van der Waals surface area contributed by atoms with Gasteiger partial charge in [0.05, 0.1) is 7.11 Å². The van der Waals surface area contributed by atoms with Gasteiger partial charge in [-0.2, -0.15) is 0 Å². The molecule has 0 spiro atoms. The summed E-state index contributed by atoms with van der Waals surface area (Å²) in [7, 11) is 1.49. The third-order valence-corrected chi connectivity index (χ3v) is 7.76. The average Bonchev–Trinajstić information content (AvgIpc) is 2.88. The molecule has 1 fully saturated rings. The van der Waals surface area contributed by atoms with Gasteiger partial charge in [-0.25, -0.2) is 4.98 Å². The first-order chi connectivity index (χ1) is 19.2. The number of esters is 2. The van der Waals surface area contributed by atoms with Crippen LogP contribution in [0.2, 0.25) is 0 Å². The minimum absolute atomic E-state index is 0.00445. The van der Waals surface area contributed by atoms with Crippen LogP contribution in [0.15, 0.2) is 30.5 Å². The van der Waals surface area contributed by atoms with Gasteiger partial charge in [0.15, 0.2) is 11.5 Å². The molecule has 1 heterocycles. The number of hydrogen-bond donors (Lipinski definition) is 3. The number of methoxy groups -OCH3 is 1. The molecule has 0 aliphatic heterocycles. The number of nitrogen functional groups attached to an aromatic ring is 1. The summed E-state index contributed by atoms with van der Waals surface area (Å²) in [6.07, 6.45) is 9.02. The average molecular weight is 557 g/mol. The number of anilines is 1. The summed E-state index contributed by atoms with van der Waals surface area (Å²) in [6, 6.07) is 6.98. The molecule has 0 amide bonds. The fraction of sp³-hybridized carbons (Fsp3) is 0.581.